The fraction of sp³-hybridized carbons (Fsp3) is 0.586. The predicted octanol–water partition coefficient (Wildman–Crippen LogP) is 4.43. The van der Waals surface area contributed by atoms with Crippen LogP contribution in [0.25, 0.3) is 0 Å². The molecule has 0 aromatic rings. The molecule has 0 aliphatic carbocycles. The number of allylic oxidation sites excluding steroid dienone is 9. The van der Waals surface area contributed by atoms with Gasteiger partial charge in [0.25, 0.3) is 0 Å². The highest BCUT2D eigenvalue weighted by Gasteiger charge is 2.35. The molecule has 1 rings (SSSR count). The first-order chi connectivity index (χ1) is 16.7. The van der Waals surface area contributed by atoms with Gasteiger partial charge in [-0.15, -0.1) is 0 Å². The van der Waals surface area contributed by atoms with E-state index in [-0.39, 0.29) is 18.8 Å². The van der Waals surface area contributed by atoms with E-state index < -0.39 is 12.1 Å². The predicted molar refractivity (Wildman–Crippen MR) is 139 cm³/mol. The summed E-state index contributed by atoms with van der Waals surface area (Å²) in [5.41, 5.74) is 0. The number of aliphatic carboxylic acids is 1. The molecule has 3 unspecified atom stereocenters. The van der Waals surface area contributed by atoms with Crippen LogP contribution in [0, 0.1) is 0 Å². The van der Waals surface area contributed by atoms with E-state index in [1.165, 1.54) is 0 Å². The quantitative estimate of drug-likeness (QED) is 0.117. The first-order valence-corrected chi connectivity index (χ1v) is 12.8. The highest BCUT2D eigenvalue weighted by Crippen LogP contribution is 2.28. The molecule has 6 nitrogen and oxygen atoms in total. The first-order valence-electron chi connectivity index (χ1n) is 12.8. The van der Waals surface area contributed by atoms with Gasteiger partial charge in [-0.2, -0.15) is 0 Å². The van der Waals surface area contributed by atoms with Crippen LogP contribution in [0.2, 0.25) is 0 Å². The summed E-state index contributed by atoms with van der Waals surface area (Å²) in [6, 6.07) is 0. The Morgan fingerprint density at radius 2 is 1.37 bits per heavy atom. The standard InChI is InChI=1S/C29H45NO5/c1-5-26-27(35-26)21-19-17-15-13-11-9-7-6-8-10-12-14-16-18-20-22-29(33)34-25(23-28(31)32)24-30(2,3)4/h6-7,10-13,16-19,25-27H,5,8-9,14-15,20-24H2,1-4H3/b7-6+,12-10+,13-11+,18-16+,19-17+. The maximum Gasteiger partial charge on any atom is 0.306 e. The summed E-state index contributed by atoms with van der Waals surface area (Å²) in [6.07, 6.45) is 27.9. The van der Waals surface area contributed by atoms with E-state index in [0.29, 0.717) is 29.7 Å². The minimum Gasteiger partial charge on any atom is -0.550 e. The summed E-state index contributed by atoms with van der Waals surface area (Å²) < 4.78 is 11.4. The normalized spacial score (nSPS) is 19.5. The molecule has 3 atom stereocenters. The topological polar surface area (TPSA) is 79.0 Å². The number of likely N-dealkylation sites (N-methyl/N-ethyl adjacent to an activating group) is 1. The molecule has 0 aromatic heterocycles. The van der Waals surface area contributed by atoms with Crippen molar-refractivity contribution in [2.24, 2.45) is 0 Å². The van der Waals surface area contributed by atoms with E-state index in [0.717, 1.165) is 38.5 Å². The van der Waals surface area contributed by atoms with Gasteiger partial charge in [0, 0.05) is 18.8 Å². The highest BCUT2D eigenvalue weighted by molar-refractivity contribution is 5.71. The first kappa shape index (κ1) is 30.6. The van der Waals surface area contributed by atoms with Gasteiger partial charge < -0.3 is 23.9 Å². The molecule has 0 spiro atoms. The number of nitrogens with zero attached hydrogens (tertiary/aromatic N) is 1. The number of carbonyl (C=O) groups is 2. The minimum absolute atomic E-state index is 0.237. The largest absolute Gasteiger partial charge is 0.550 e. The summed E-state index contributed by atoms with van der Waals surface area (Å²) in [5.74, 6) is -1.58. The van der Waals surface area contributed by atoms with E-state index in [4.69, 9.17) is 9.47 Å². The van der Waals surface area contributed by atoms with E-state index in [2.05, 4.69) is 55.5 Å². The number of ether oxygens (including phenoxy) is 2. The fourth-order valence-corrected chi connectivity index (χ4v) is 3.56. The molecule has 1 heterocycles. The zero-order chi connectivity index (χ0) is 25.9. The Morgan fingerprint density at radius 3 is 1.83 bits per heavy atom. The van der Waals surface area contributed by atoms with Crippen LogP contribution in [0.15, 0.2) is 60.8 Å². The van der Waals surface area contributed by atoms with Gasteiger partial charge in [-0.1, -0.05) is 67.7 Å². The summed E-state index contributed by atoms with van der Waals surface area (Å²) in [5, 5.41) is 10.9. The van der Waals surface area contributed by atoms with Gasteiger partial charge in [0.05, 0.1) is 33.4 Å². The maximum atomic E-state index is 12.0. The lowest BCUT2D eigenvalue weighted by molar-refractivity contribution is -0.873. The lowest BCUT2D eigenvalue weighted by Gasteiger charge is -2.29. The minimum atomic E-state index is -1.21. The molecule has 0 bridgehead atoms. The van der Waals surface area contributed by atoms with Crippen molar-refractivity contribution < 1.29 is 28.7 Å². The van der Waals surface area contributed by atoms with Crippen molar-refractivity contribution >= 4 is 11.9 Å². The average Bonchev–Trinajstić information content (AvgIpc) is 3.52. The number of hydrogen-bond donors (Lipinski definition) is 0. The number of hydrogen-bond acceptors (Lipinski definition) is 5. The van der Waals surface area contributed by atoms with Crippen molar-refractivity contribution in [3.05, 3.63) is 60.8 Å². The van der Waals surface area contributed by atoms with E-state index >= 15 is 0 Å². The van der Waals surface area contributed by atoms with E-state index in [9.17, 15) is 14.7 Å². The molecule has 35 heavy (non-hydrogen) atoms. The molecule has 6 heteroatoms. The number of carboxylic acid groups (broad SMARTS) is 1. The Kier molecular flexibility index (Phi) is 15.7. The van der Waals surface area contributed by atoms with Gasteiger partial charge in [-0.05, 0) is 44.9 Å². The zero-order valence-corrected chi connectivity index (χ0v) is 22.1. The molecule has 1 fully saturated rings. The summed E-state index contributed by atoms with van der Waals surface area (Å²) in [4.78, 5) is 22.9. The summed E-state index contributed by atoms with van der Waals surface area (Å²) in [7, 11) is 5.77. The van der Waals surface area contributed by atoms with Crippen molar-refractivity contribution in [3.63, 3.8) is 0 Å². The van der Waals surface area contributed by atoms with Gasteiger partial charge in [0.15, 0.2) is 6.10 Å². The Labute approximate surface area is 212 Å². The zero-order valence-electron chi connectivity index (χ0n) is 22.1. The second kappa shape index (κ2) is 17.9. The molecule has 0 amide bonds. The molecule has 0 radical (unpaired) electrons. The van der Waals surface area contributed by atoms with Crippen LogP contribution in [-0.4, -0.2) is 62.4 Å². The van der Waals surface area contributed by atoms with E-state index in [1.807, 2.05) is 33.3 Å². The van der Waals surface area contributed by atoms with Crippen molar-refractivity contribution in [2.75, 3.05) is 27.7 Å². The maximum absolute atomic E-state index is 12.0. The SMILES string of the molecule is CCC1OC1C/C=C/C/C=C/C/C=C/C/C=C/C/C=C/CCC(=O)OC(CC(=O)[O-])C[N+](C)(C)C. The van der Waals surface area contributed by atoms with Gasteiger partial charge in [-0.3, -0.25) is 4.79 Å². The summed E-state index contributed by atoms with van der Waals surface area (Å²) >= 11 is 0. The number of epoxide rings is 1. The third-order valence-electron chi connectivity index (χ3n) is 5.34. The second-order valence-corrected chi connectivity index (χ2v) is 9.86. The lowest BCUT2D eigenvalue weighted by Crippen LogP contribution is -2.45. The monoisotopic (exact) mass is 487 g/mol. The molecule has 196 valence electrons. The molecule has 1 aliphatic heterocycles. The van der Waals surface area contributed by atoms with Gasteiger partial charge in [0.1, 0.15) is 6.54 Å². The summed E-state index contributed by atoms with van der Waals surface area (Å²) in [6.45, 7) is 2.59. The Morgan fingerprint density at radius 1 is 0.857 bits per heavy atom. The number of carbonyl (C=O) groups excluding carboxylic acids is 2. The molecular weight excluding hydrogens is 442 g/mol. The third kappa shape index (κ3) is 18.5. The van der Waals surface area contributed by atoms with Gasteiger partial charge in [0.2, 0.25) is 0 Å². The van der Waals surface area contributed by atoms with Crippen LogP contribution in [0.5, 0.6) is 0 Å². The van der Waals surface area contributed by atoms with Crippen LogP contribution in [0.4, 0.5) is 0 Å². The molecule has 0 saturated carbocycles. The molecular formula is C29H45NO5. The number of carboxylic acids is 1. The van der Waals surface area contributed by atoms with Crippen LogP contribution in [-0.2, 0) is 19.1 Å². The Balaban J connectivity index is 2.05. The van der Waals surface area contributed by atoms with E-state index in [1.54, 1.807) is 0 Å². The molecule has 0 aromatic carbocycles. The fourth-order valence-electron chi connectivity index (χ4n) is 3.56. The number of quaternary nitrogens is 1. The number of rotatable bonds is 19. The molecule has 1 aliphatic rings. The number of esters is 1. The van der Waals surface area contributed by atoms with Gasteiger partial charge >= 0.3 is 5.97 Å². The Hall–Kier alpha value is -2.44. The molecule has 0 N–H and O–H groups in total. The Bertz CT molecular complexity index is 758. The van der Waals surface area contributed by atoms with Gasteiger partial charge in [-0.25, -0.2) is 0 Å². The molecule has 1 saturated heterocycles. The van der Waals surface area contributed by atoms with Crippen molar-refractivity contribution in [1.82, 2.24) is 0 Å². The van der Waals surface area contributed by atoms with Crippen molar-refractivity contribution in [1.29, 1.82) is 0 Å². The van der Waals surface area contributed by atoms with Crippen LogP contribution in [0.3, 0.4) is 0 Å². The van der Waals surface area contributed by atoms with Crippen LogP contribution >= 0.6 is 0 Å². The smallest absolute Gasteiger partial charge is 0.306 e. The lowest BCUT2D eigenvalue weighted by atomic mass is 10.2. The third-order valence-corrected chi connectivity index (χ3v) is 5.34. The van der Waals surface area contributed by atoms with Crippen molar-refractivity contribution in [2.45, 2.75) is 83.0 Å². The van der Waals surface area contributed by atoms with Crippen LogP contribution in [0.1, 0.15) is 64.7 Å². The second-order valence-electron chi connectivity index (χ2n) is 9.86. The highest BCUT2D eigenvalue weighted by atomic mass is 16.6. The van der Waals surface area contributed by atoms with Crippen LogP contribution < -0.4 is 5.11 Å². The average molecular weight is 488 g/mol. The van der Waals surface area contributed by atoms with Crippen molar-refractivity contribution in [3.8, 4) is 0 Å².